The van der Waals surface area contributed by atoms with Gasteiger partial charge in [0.2, 0.25) is 15.9 Å². The van der Waals surface area contributed by atoms with Crippen LogP contribution in [0.5, 0.6) is 0 Å². The molecule has 128 valence electrons. The summed E-state index contributed by atoms with van der Waals surface area (Å²) < 4.78 is 25.1. The highest BCUT2D eigenvalue weighted by Crippen LogP contribution is 2.22. The fourth-order valence-electron chi connectivity index (χ4n) is 1.71. The normalized spacial score (nSPS) is 11.7. The van der Waals surface area contributed by atoms with Gasteiger partial charge >= 0.3 is 0 Å². The van der Waals surface area contributed by atoms with Crippen LogP contribution in [-0.4, -0.2) is 38.6 Å². The van der Waals surface area contributed by atoms with E-state index >= 15 is 0 Å². The van der Waals surface area contributed by atoms with Crippen LogP contribution in [0.25, 0.3) is 0 Å². The second-order valence-electron chi connectivity index (χ2n) is 5.99. The molecular formula is C14H22N4O4S. The number of anilines is 2. The largest absolute Gasteiger partial charge is 0.350 e. The van der Waals surface area contributed by atoms with Crippen molar-refractivity contribution in [2.75, 3.05) is 22.8 Å². The smallest absolute Gasteiger partial charge is 0.253 e. The Morgan fingerprint density at radius 2 is 1.87 bits per heavy atom. The Morgan fingerprint density at radius 3 is 2.35 bits per heavy atom. The molecular weight excluding hydrogens is 320 g/mol. The summed E-state index contributed by atoms with van der Waals surface area (Å²) in [5, 5.41) is 5.18. The lowest BCUT2D eigenvalue weighted by molar-refractivity contribution is -0.114. The summed E-state index contributed by atoms with van der Waals surface area (Å²) in [6, 6.07) is 4.31. The van der Waals surface area contributed by atoms with E-state index in [1.807, 2.05) is 0 Å². The van der Waals surface area contributed by atoms with Crippen LogP contribution in [0.4, 0.5) is 11.4 Å². The monoisotopic (exact) mass is 342 g/mol. The Morgan fingerprint density at radius 1 is 1.26 bits per heavy atom. The van der Waals surface area contributed by atoms with Gasteiger partial charge < -0.3 is 16.4 Å². The van der Waals surface area contributed by atoms with E-state index in [-0.39, 0.29) is 23.7 Å². The number of hydrogen-bond acceptors (Lipinski definition) is 5. The molecule has 0 fully saturated rings. The highest BCUT2D eigenvalue weighted by atomic mass is 32.2. The van der Waals surface area contributed by atoms with Crippen molar-refractivity contribution in [3.8, 4) is 0 Å². The third kappa shape index (κ3) is 7.11. The highest BCUT2D eigenvalue weighted by molar-refractivity contribution is 7.92. The van der Waals surface area contributed by atoms with Crippen molar-refractivity contribution in [3.63, 3.8) is 0 Å². The third-order valence-electron chi connectivity index (χ3n) is 2.58. The number of hydrogen-bond donors (Lipinski definition) is 4. The molecule has 5 N–H and O–H groups in total. The fraction of sp³-hybridized carbons (Fsp3) is 0.429. The van der Waals surface area contributed by atoms with Gasteiger partial charge in [-0.25, -0.2) is 8.42 Å². The number of nitrogens with one attached hydrogen (secondary N) is 3. The number of rotatable bonds is 6. The minimum Gasteiger partial charge on any atom is -0.350 e. The summed E-state index contributed by atoms with van der Waals surface area (Å²) in [5.41, 5.74) is 5.79. The molecule has 9 heteroatoms. The molecule has 0 bridgehead atoms. The zero-order valence-corrected chi connectivity index (χ0v) is 14.4. The number of benzene rings is 1. The van der Waals surface area contributed by atoms with Crippen LogP contribution in [-0.2, 0) is 14.8 Å². The van der Waals surface area contributed by atoms with Crippen LogP contribution >= 0.6 is 0 Å². The van der Waals surface area contributed by atoms with E-state index < -0.39 is 21.5 Å². The average molecular weight is 342 g/mol. The van der Waals surface area contributed by atoms with Gasteiger partial charge in [-0.1, -0.05) is 0 Å². The highest BCUT2D eigenvalue weighted by Gasteiger charge is 2.18. The van der Waals surface area contributed by atoms with Crippen LogP contribution in [0.3, 0.4) is 0 Å². The molecule has 2 amide bonds. The quantitative estimate of drug-likeness (QED) is 0.597. The molecule has 0 aliphatic heterocycles. The standard InChI is InChI=1S/C14H22N4O4S/c1-9(19)17-10-5-6-12(18-23(4,21)22)11(7-10)13(20)16-8-14(2,3)15/h5-7,18H,8,15H2,1-4H3,(H,16,20)(H,17,19). The first-order chi connectivity index (χ1) is 10.4. The summed E-state index contributed by atoms with van der Waals surface area (Å²) >= 11 is 0. The SMILES string of the molecule is CC(=O)Nc1ccc(NS(C)(=O)=O)c(C(=O)NCC(C)(C)N)c1. The van der Waals surface area contributed by atoms with Crippen molar-refractivity contribution in [1.29, 1.82) is 0 Å². The summed E-state index contributed by atoms with van der Waals surface area (Å²) in [5.74, 6) is -0.801. The summed E-state index contributed by atoms with van der Waals surface area (Å²) in [4.78, 5) is 23.4. The van der Waals surface area contributed by atoms with Crippen LogP contribution in [0.2, 0.25) is 0 Å². The minimum absolute atomic E-state index is 0.0888. The van der Waals surface area contributed by atoms with Gasteiger partial charge in [0.1, 0.15) is 0 Å². The predicted octanol–water partition coefficient (Wildman–Crippen LogP) is 0.484. The maximum atomic E-state index is 12.3. The topological polar surface area (TPSA) is 130 Å². The van der Waals surface area contributed by atoms with Crippen molar-refractivity contribution < 1.29 is 18.0 Å². The van der Waals surface area contributed by atoms with Gasteiger partial charge in [-0.3, -0.25) is 14.3 Å². The zero-order chi connectivity index (χ0) is 17.8. The molecule has 0 aromatic heterocycles. The molecule has 23 heavy (non-hydrogen) atoms. The predicted molar refractivity (Wildman–Crippen MR) is 89.8 cm³/mol. The van der Waals surface area contributed by atoms with E-state index in [9.17, 15) is 18.0 Å². The molecule has 1 rings (SSSR count). The molecule has 0 aliphatic rings. The molecule has 0 aliphatic carbocycles. The molecule has 8 nitrogen and oxygen atoms in total. The van der Waals surface area contributed by atoms with Gasteiger partial charge in [0.05, 0.1) is 17.5 Å². The first kappa shape index (κ1) is 18.9. The first-order valence-corrected chi connectivity index (χ1v) is 8.73. The van der Waals surface area contributed by atoms with Crippen molar-refractivity contribution in [3.05, 3.63) is 23.8 Å². The number of carbonyl (C=O) groups is 2. The summed E-state index contributed by atoms with van der Waals surface area (Å²) in [6.07, 6.45) is 0.986. The van der Waals surface area contributed by atoms with Gasteiger partial charge in [0, 0.05) is 24.7 Å². The number of sulfonamides is 1. The van der Waals surface area contributed by atoms with Crippen molar-refractivity contribution in [1.82, 2.24) is 5.32 Å². The molecule has 1 aromatic rings. The minimum atomic E-state index is -3.55. The van der Waals surface area contributed by atoms with Gasteiger partial charge in [-0.05, 0) is 32.0 Å². The molecule has 0 saturated heterocycles. The van der Waals surface area contributed by atoms with E-state index in [4.69, 9.17) is 5.73 Å². The molecule has 1 aromatic carbocycles. The lowest BCUT2D eigenvalue weighted by Crippen LogP contribution is -2.45. The zero-order valence-electron chi connectivity index (χ0n) is 13.6. The average Bonchev–Trinajstić information content (AvgIpc) is 2.34. The second kappa shape index (κ2) is 6.97. The van der Waals surface area contributed by atoms with E-state index in [0.717, 1.165) is 6.26 Å². The van der Waals surface area contributed by atoms with E-state index in [2.05, 4.69) is 15.4 Å². The van der Waals surface area contributed by atoms with E-state index in [0.29, 0.717) is 5.69 Å². The van der Waals surface area contributed by atoms with Crippen LogP contribution < -0.4 is 21.1 Å². The third-order valence-corrected chi connectivity index (χ3v) is 3.18. The number of nitrogens with two attached hydrogens (primary N) is 1. The van der Waals surface area contributed by atoms with Crippen LogP contribution in [0.1, 0.15) is 31.1 Å². The van der Waals surface area contributed by atoms with Crippen molar-refractivity contribution in [2.24, 2.45) is 5.73 Å². The fourth-order valence-corrected chi connectivity index (χ4v) is 2.28. The van der Waals surface area contributed by atoms with Crippen molar-refractivity contribution in [2.45, 2.75) is 26.3 Å². The van der Waals surface area contributed by atoms with Gasteiger partial charge in [0.15, 0.2) is 0 Å². The summed E-state index contributed by atoms with van der Waals surface area (Å²) in [6.45, 7) is 5.03. The number of amides is 2. The summed E-state index contributed by atoms with van der Waals surface area (Å²) in [7, 11) is -3.55. The van der Waals surface area contributed by atoms with Crippen molar-refractivity contribution >= 4 is 33.2 Å². The molecule has 0 heterocycles. The van der Waals surface area contributed by atoms with Crippen LogP contribution in [0, 0.1) is 0 Å². The molecule has 0 spiro atoms. The molecule has 0 atom stereocenters. The lowest BCUT2D eigenvalue weighted by Gasteiger charge is -2.20. The lowest BCUT2D eigenvalue weighted by atomic mass is 10.1. The Hall–Kier alpha value is -2.13. The van der Waals surface area contributed by atoms with Gasteiger partial charge in [-0.2, -0.15) is 0 Å². The van der Waals surface area contributed by atoms with E-state index in [1.54, 1.807) is 13.8 Å². The Bertz CT molecular complexity index is 708. The number of carbonyl (C=O) groups excluding carboxylic acids is 2. The maximum Gasteiger partial charge on any atom is 0.253 e. The van der Waals surface area contributed by atoms with Gasteiger partial charge in [-0.15, -0.1) is 0 Å². The maximum absolute atomic E-state index is 12.3. The second-order valence-corrected chi connectivity index (χ2v) is 7.74. The Balaban J connectivity index is 3.16. The van der Waals surface area contributed by atoms with Gasteiger partial charge in [0.25, 0.3) is 5.91 Å². The molecule has 0 radical (unpaired) electrons. The molecule has 0 saturated carbocycles. The first-order valence-electron chi connectivity index (χ1n) is 6.84. The Labute approximate surface area is 135 Å². The van der Waals surface area contributed by atoms with Crippen LogP contribution in [0.15, 0.2) is 18.2 Å². The Kier molecular flexibility index (Phi) is 5.73. The van der Waals surface area contributed by atoms with E-state index in [1.165, 1.54) is 25.1 Å². The molecule has 0 unspecified atom stereocenters.